The van der Waals surface area contributed by atoms with Crippen molar-refractivity contribution in [3.63, 3.8) is 0 Å². The average Bonchev–Trinajstić information content (AvgIpc) is 2.60. The van der Waals surface area contributed by atoms with Crippen LogP contribution in [0.25, 0.3) is 10.8 Å². The van der Waals surface area contributed by atoms with E-state index < -0.39 is 0 Å². The standard InChI is InChI=1S/C17H19N3O4/c1-11-5-6-14(20(22)23)13-7-8-18-16(15(11)13)19-9-3-4-12(10-19)17(21)24-2/h5-8,12H,3-4,9-10H2,1-2H3. The molecule has 1 unspecified atom stereocenters. The molecule has 1 fully saturated rings. The molecule has 0 saturated carbocycles. The summed E-state index contributed by atoms with van der Waals surface area (Å²) in [7, 11) is 1.39. The number of aryl methyl sites for hydroxylation is 1. The highest BCUT2D eigenvalue weighted by atomic mass is 16.6. The van der Waals surface area contributed by atoms with Gasteiger partial charge in [-0.15, -0.1) is 0 Å². The fourth-order valence-electron chi connectivity index (χ4n) is 3.36. The SMILES string of the molecule is COC(=O)C1CCCN(c2nccc3c([N+](=O)[O-])ccc(C)c23)C1. The van der Waals surface area contributed by atoms with Crippen LogP contribution in [0.1, 0.15) is 18.4 Å². The van der Waals surface area contributed by atoms with E-state index in [-0.39, 0.29) is 22.5 Å². The van der Waals surface area contributed by atoms with Crippen LogP contribution in [0, 0.1) is 23.0 Å². The van der Waals surface area contributed by atoms with E-state index in [1.54, 1.807) is 18.3 Å². The zero-order valence-corrected chi connectivity index (χ0v) is 13.7. The second-order valence-electron chi connectivity index (χ2n) is 6.02. The number of ether oxygens (including phenoxy) is 1. The molecule has 1 atom stereocenters. The van der Waals surface area contributed by atoms with Gasteiger partial charge in [-0.2, -0.15) is 0 Å². The molecule has 1 aliphatic heterocycles. The third-order valence-electron chi connectivity index (χ3n) is 4.54. The zero-order chi connectivity index (χ0) is 17.3. The number of nitro benzene ring substituents is 1. The maximum atomic E-state index is 11.9. The van der Waals surface area contributed by atoms with Crippen LogP contribution in [0.3, 0.4) is 0 Å². The Morgan fingerprint density at radius 3 is 2.92 bits per heavy atom. The summed E-state index contributed by atoms with van der Waals surface area (Å²) in [5.74, 6) is 0.282. The van der Waals surface area contributed by atoms with Crippen molar-refractivity contribution in [2.24, 2.45) is 5.92 Å². The fourth-order valence-corrected chi connectivity index (χ4v) is 3.36. The Morgan fingerprint density at radius 2 is 2.21 bits per heavy atom. The van der Waals surface area contributed by atoms with Crippen LogP contribution >= 0.6 is 0 Å². The number of nitrogens with zero attached hydrogens (tertiary/aromatic N) is 3. The van der Waals surface area contributed by atoms with Gasteiger partial charge in [-0.3, -0.25) is 14.9 Å². The zero-order valence-electron chi connectivity index (χ0n) is 13.7. The molecular weight excluding hydrogens is 310 g/mol. The summed E-state index contributed by atoms with van der Waals surface area (Å²) in [6, 6.07) is 4.94. The maximum Gasteiger partial charge on any atom is 0.310 e. The Bertz CT molecular complexity index is 806. The normalized spacial score (nSPS) is 17.8. The second kappa shape index (κ2) is 6.43. The topological polar surface area (TPSA) is 85.6 Å². The summed E-state index contributed by atoms with van der Waals surface area (Å²) in [5.41, 5.74) is 1.000. The second-order valence-corrected chi connectivity index (χ2v) is 6.02. The predicted molar refractivity (Wildman–Crippen MR) is 90.1 cm³/mol. The van der Waals surface area contributed by atoms with Gasteiger partial charge in [0.1, 0.15) is 5.82 Å². The Hall–Kier alpha value is -2.70. The summed E-state index contributed by atoms with van der Waals surface area (Å²) in [4.78, 5) is 29.3. The summed E-state index contributed by atoms with van der Waals surface area (Å²) in [5, 5.41) is 12.7. The third-order valence-corrected chi connectivity index (χ3v) is 4.54. The first-order chi connectivity index (χ1) is 11.5. The van der Waals surface area contributed by atoms with Gasteiger partial charge in [0.05, 0.1) is 23.3 Å². The minimum absolute atomic E-state index is 0.0702. The predicted octanol–water partition coefficient (Wildman–Crippen LogP) is 2.84. The van der Waals surface area contributed by atoms with Crippen molar-refractivity contribution < 1.29 is 14.5 Å². The van der Waals surface area contributed by atoms with Gasteiger partial charge in [-0.1, -0.05) is 6.07 Å². The molecule has 24 heavy (non-hydrogen) atoms. The molecule has 7 nitrogen and oxygen atoms in total. The summed E-state index contributed by atoms with van der Waals surface area (Å²) >= 11 is 0. The van der Waals surface area contributed by atoms with Crippen molar-refractivity contribution in [1.29, 1.82) is 0 Å². The largest absolute Gasteiger partial charge is 0.469 e. The molecule has 1 aromatic heterocycles. The molecule has 1 saturated heterocycles. The average molecular weight is 329 g/mol. The lowest BCUT2D eigenvalue weighted by molar-refractivity contribution is -0.383. The Morgan fingerprint density at radius 1 is 1.42 bits per heavy atom. The molecule has 7 heteroatoms. The molecular formula is C17H19N3O4. The summed E-state index contributed by atoms with van der Waals surface area (Å²) in [6.45, 7) is 3.20. The molecule has 2 heterocycles. The number of carbonyl (C=O) groups is 1. The number of non-ortho nitro benzene ring substituents is 1. The molecule has 2 aromatic rings. The monoisotopic (exact) mass is 329 g/mol. The first kappa shape index (κ1) is 16.2. The number of hydrogen-bond acceptors (Lipinski definition) is 6. The molecule has 1 aromatic carbocycles. The smallest absolute Gasteiger partial charge is 0.310 e. The van der Waals surface area contributed by atoms with Gasteiger partial charge in [0.15, 0.2) is 0 Å². The van der Waals surface area contributed by atoms with Crippen LogP contribution in [0.5, 0.6) is 0 Å². The molecule has 0 radical (unpaired) electrons. The Labute approximate surface area is 139 Å². The van der Waals surface area contributed by atoms with E-state index >= 15 is 0 Å². The summed E-state index contributed by atoms with van der Waals surface area (Å²) in [6.07, 6.45) is 3.23. The molecule has 126 valence electrons. The molecule has 0 N–H and O–H groups in total. The number of aromatic nitrogens is 1. The Balaban J connectivity index is 2.08. The Kier molecular flexibility index (Phi) is 4.33. The highest BCUT2D eigenvalue weighted by molar-refractivity contribution is 6.00. The van der Waals surface area contributed by atoms with Gasteiger partial charge in [-0.05, 0) is 31.4 Å². The fraction of sp³-hybridized carbons (Fsp3) is 0.412. The molecule has 1 aliphatic rings. The van der Waals surface area contributed by atoms with Gasteiger partial charge in [0.25, 0.3) is 5.69 Å². The van der Waals surface area contributed by atoms with Crippen molar-refractivity contribution in [3.05, 3.63) is 40.1 Å². The highest BCUT2D eigenvalue weighted by Gasteiger charge is 2.29. The van der Waals surface area contributed by atoms with Gasteiger partial charge < -0.3 is 9.64 Å². The van der Waals surface area contributed by atoms with E-state index in [1.165, 1.54) is 13.2 Å². The van der Waals surface area contributed by atoms with Crippen molar-refractivity contribution in [2.45, 2.75) is 19.8 Å². The van der Waals surface area contributed by atoms with E-state index in [9.17, 15) is 14.9 Å². The van der Waals surface area contributed by atoms with Gasteiger partial charge in [0.2, 0.25) is 0 Å². The number of carbonyl (C=O) groups excluding carboxylic acids is 1. The van der Waals surface area contributed by atoms with Crippen LogP contribution in [0.2, 0.25) is 0 Å². The maximum absolute atomic E-state index is 11.9. The van der Waals surface area contributed by atoms with Crippen LogP contribution in [0.4, 0.5) is 11.5 Å². The quantitative estimate of drug-likeness (QED) is 0.489. The molecule has 0 amide bonds. The number of esters is 1. The lowest BCUT2D eigenvalue weighted by Crippen LogP contribution is -2.39. The van der Waals surface area contributed by atoms with E-state index in [2.05, 4.69) is 4.98 Å². The van der Waals surface area contributed by atoms with Gasteiger partial charge in [-0.25, -0.2) is 4.98 Å². The van der Waals surface area contributed by atoms with Crippen LogP contribution in [0.15, 0.2) is 24.4 Å². The molecule has 0 bridgehead atoms. The van der Waals surface area contributed by atoms with E-state index in [0.717, 1.165) is 30.3 Å². The number of benzene rings is 1. The van der Waals surface area contributed by atoms with Crippen LogP contribution < -0.4 is 4.90 Å². The first-order valence-electron chi connectivity index (χ1n) is 7.88. The van der Waals surface area contributed by atoms with E-state index in [0.29, 0.717) is 17.7 Å². The van der Waals surface area contributed by atoms with Crippen LogP contribution in [-0.4, -0.2) is 36.1 Å². The van der Waals surface area contributed by atoms with E-state index in [1.807, 2.05) is 11.8 Å². The van der Waals surface area contributed by atoms with Gasteiger partial charge in [0, 0.05) is 30.7 Å². The van der Waals surface area contributed by atoms with Crippen molar-refractivity contribution in [3.8, 4) is 0 Å². The van der Waals surface area contributed by atoms with E-state index in [4.69, 9.17) is 4.74 Å². The summed E-state index contributed by atoms with van der Waals surface area (Å²) < 4.78 is 4.86. The lowest BCUT2D eigenvalue weighted by Gasteiger charge is -2.33. The molecule has 3 rings (SSSR count). The number of rotatable bonds is 3. The first-order valence-corrected chi connectivity index (χ1v) is 7.88. The third kappa shape index (κ3) is 2.77. The number of fused-ring (bicyclic) bond motifs is 1. The minimum atomic E-state index is -0.376. The van der Waals surface area contributed by atoms with Crippen molar-refractivity contribution in [1.82, 2.24) is 4.98 Å². The number of piperidine rings is 1. The number of methoxy groups -OCH3 is 1. The number of anilines is 1. The number of hydrogen-bond donors (Lipinski definition) is 0. The minimum Gasteiger partial charge on any atom is -0.469 e. The van der Waals surface area contributed by atoms with Gasteiger partial charge >= 0.3 is 5.97 Å². The number of pyridine rings is 1. The molecule has 0 aliphatic carbocycles. The van der Waals surface area contributed by atoms with Crippen molar-refractivity contribution in [2.75, 3.05) is 25.1 Å². The van der Waals surface area contributed by atoms with Crippen LogP contribution in [-0.2, 0) is 9.53 Å². The highest BCUT2D eigenvalue weighted by Crippen LogP contribution is 2.35. The number of nitro groups is 1. The van der Waals surface area contributed by atoms with Crippen molar-refractivity contribution >= 4 is 28.2 Å². The lowest BCUT2D eigenvalue weighted by atomic mass is 9.97. The molecule has 0 spiro atoms.